The van der Waals surface area contributed by atoms with Crippen molar-refractivity contribution in [1.82, 2.24) is 5.32 Å². The third-order valence-corrected chi connectivity index (χ3v) is 5.25. The van der Waals surface area contributed by atoms with Crippen LogP contribution in [0.1, 0.15) is 36.5 Å². The summed E-state index contributed by atoms with van der Waals surface area (Å²) in [5.41, 5.74) is 3.06. The van der Waals surface area contributed by atoms with Crippen LogP contribution >= 0.6 is 0 Å². The number of carbonyl (C=O) groups is 2. The van der Waals surface area contributed by atoms with Crippen molar-refractivity contribution in [3.05, 3.63) is 106 Å². The van der Waals surface area contributed by atoms with Gasteiger partial charge in [-0.25, -0.2) is 4.79 Å². The van der Waals surface area contributed by atoms with E-state index in [-0.39, 0.29) is 24.6 Å². The maximum absolute atomic E-state index is 13.2. The van der Waals surface area contributed by atoms with Crippen molar-refractivity contribution in [2.75, 3.05) is 5.32 Å². The zero-order valence-electron chi connectivity index (χ0n) is 19.1. The molecule has 0 aliphatic carbocycles. The van der Waals surface area contributed by atoms with E-state index < -0.39 is 23.0 Å². The van der Waals surface area contributed by atoms with Gasteiger partial charge < -0.3 is 15.4 Å². The molecule has 1 atom stereocenters. The molecule has 0 fully saturated rings. The Bertz CT molecular complexity index is 1130. The number of nitro groups is 1. The highest BCUT2D eigenvalue weighted by Crippen LogP contribution is 2.24. The lowest BCUT2D eigenvalue weighted by atomic mass is 10.0. The van der Waals surface area contributed by atoms with Gasteiger partial charge in [0.05, 0.1) is 4.92 Å². The van der Waals surface area contributed by atoms with Gasteiger partial charge in [0.1, 0.15) is 12.6 Å². The number of hydrogen-bond donors (Lipinski definition) is 2. The fourth-order valence-corrected chi connectivity index (χ4v) is 3.44. The second kappa shape index (κ2) is 11.6. The van der Waals surface area contributed by atoms with Gasteiger partial charge in [-0.1, -0.05) is 74.5 Å². The topological polar surface area (TPSA) is 111 Å². The number of alkyl carbamates (subject to hydrolysis) is 1. The van der Waals surface area contributed by atoms with E-state index in [2.05, 4.69) is 10.6 Å². The van der Waals surface area contributed by atoms with Crippen LogP contribution < -0.4 is 10.6 Å². The number of nitro benzene ring substituents is 1. The molecule has 8 nitrogen and oxygen atoms in total. The molecule has 3 rings (SSSR count). The molecule has 0 aromatic heterocycles. The highest BCUT2D eigenvalue weighted by Gasteiger charge is 2.23. The van der Waals surface area contributed by atoms with Crippen molar-refractivity contribution in [3.8, 4) is 0 Å². The second-order valence-electron chi connectivity index (χ2n) is 8.12. The first-order valence-corrected chi connectivity index (χ1v) is 10.9. The molecule has 0 aliphatic heterocycles. The molecule has 0 aliphatic rings. The van der Waals surface area contributed by atoms with E-state index >= 15 is 0 Å². The fourth-order valence-electron chi connectivity index (χ4n) is 3.44. The minimum Gasteiger partial charge on any atom is -0.445 e. The number of benzene rings is 3. The summed E-state index contributed by atoms with van der Waals surface area (Å²) in [5.74, 6) is -0.225. The van der Waals surface area contributed by atoms with Gasteiger partial charge in [0.15, 0.2) is 0 Å². The number of carbonyl (C=O) groups excluding carboxylic acids is 2. The van der Waals surface area contributed by atoms with Crippen LogP contribution in [0.4, 0.5) is 16.2 Å². The molecule has 3 aromatic carbocycles. The summed E-state index contributed by atoms with van der Waals surface area (Å²) in [6.07, 6.45) is -0.600. The van der Waals surface area contributed by atoms with Crippen LogP contribution in [0.15, 0.2) is 78.9 Å². The lowest BCUT2D eigenvalue weighted by molar-refractivity contribution is -0.384. The van der Waals surface area contributed by atoms with E-state index in [9.17, 15) is 19.7 Å². The molecule has 2 amide bonds. The van der Waals surface area contributed by atoms with Gasteiger partial charge in [-0.3, -0.25) is 14.9 Å². The Kier molecular flexibility index (Phi) is 8.34. The van der Waals surface area contributed by atoms with Crippen LogP contribution in [0, 0.1) is 10.1 Å². The minimum atomic E-state index is -0.954. The summed E-state index contributed by atoms with van der Waals surface area (Å²) in [4.78, 5) is 36.1. The SMILES string of the molecule is CC(C)c1ccccc1NC(=O)[C@H](Cc1ccc([N+](=O)[O-])cc1)NC(=O)OCc1ccccc1. The highest BCUT2D eigenvalue weighted by molar-refractivity contribution is 5.97. The van der Waals surface area contributed by atoms with Crippen LogP contribution in [0.25, 0.3) is 0 Å². The number of para-hydroxylation sites is 1. The van der Waals surface area contributed by atoms with Gasteiger partial charge in [-0.05, 0) is 28.7 Å². The molecular formula is C26H27N3O5. The predicted molar refractivity (Wildman–Crippen MR) is 130 cm³/mol. The van der Waals surface area contributed by atoms with E-state index in [1.165, 1.54) is 12.1 Å². The summed E-state index contributed by atoms with van der Waals surface area (Å²) in [5, 5.41) is 16.5. The molecule has 2 N–H and O–H groups in total. The molecule has 0 saturated heterocycles. The monoisotopic (exact) mass is 461 g/mol. The number of non-ortho nitro benzene ring substituents is 1. The zero-order valence-corrected chi connectivity index (χ0v) is 19.1. The number of rotatable bonds is 9. The summed E-state index contributed by atoms with van der Waals surface area (Å²) < 4.78 is 5.29. The number of ether oxygens (including phenoxy) is 1. The van der Waals surface area contributed by atoms with Crippen LogP contribution in [0.3, 0.4) is 0 Å². The normalized spacial score (nSPS) is 11.5. The van der Waals surface area contributed by atoms with Crippen LogP contribution in [-0.2, 0) is 22.6 Å². The van der Waals surface area contributed by atoms with E-state index in [0.29, 0.717) is 11.3 Å². The first-order chi connectivity index (χ1) is 16.3. The smallest absolute Gasteiger partial charge is 0.408 e. The molecule has 0 bridgehead atoms. The highest BCUT2D eigenvalue weighted by atomic mass is 16.6. The van der Waals surface area contributed by atoms with Crippen LogP contribution in [0.2, 0.25) is 0 Å². The van der Waals surface area contributed by atoms with Crippen molar-refractivity contribution < 1.29 is 19.2 Å². The molecule has 3 aromatic rings. The summed E-state index contributed by atoms with van der Waals surface area (Å²) >= 11 is 0. The van der Waals surface area contributed by atoms with Crippen LogP contribution in [0.5, 0.6) is 0 Å². The van der Waals surface area contributed by atoms with Crippen molar-refractivity contribution >= 4 is 23.4 Å². The van der Waals surface area contributed by atoms with E-state index in [1.54, 1.807) is 12.1 Å². The summed E-state index contributed by atoms with van der Waals surface area (Å²) in [6.45, 7) is 4.12. The standard InChI is InChI=1S/C26H27N3O5/c1-18(2)22-10-6-7-11-23(22)27-25(30)24(16-19-12-14-21(15-13-19)29(32)33)28-26(31)34-17-20-8-4-3-5-9-20/h3-15,18,24H,16-17H2,1-2H3,(H,27,30)(H,28,31)/t24-/m0/s1. The van der Waals surface area contributed by atoms with E-state index in [0.717, 1.165) is 11.1 Å². The quantitative estimate of drug-likeness (QED) is 0.336. The molecule has 0 radical (unpaired) electrons. The van der Waals surface area contributed by atoms with E-state index in [4.69, 9.17) is 4.74 Å². The molecule has 0 heterocycles. The number of amides is 2. The van der Waals surface area contributed by atoms with Gasteiger partial charge in [0, 0.05) is 24.2 Å². The van der Waals surface area contributed by atoms with Crippen molar-refractivity contribution in [2.24, 2.45) is 0 Å². The maximum Gasteiger partial charge on any atom is 0.408 e. The molecule has 0 spiro atoms. The Morgan fingerprint density at radius 1 is 0.912 bits per heavy atom. The van der Waals surface area contributed by atoms with E-state index in [1.807, 2.05) is 68.4 Å². The Balaban J connectivity index is 1.75. The predicted octanol–water partition coefficient (Wildman–Crippen LogP) is 5.19. The van der Waals surface area contributed by atoms with Crippen molar-refractivity contribution in [1.29, 1.82) is 0 Å². The Morgan fingerprint density at radius 3 is 2.21 bits per heavy atom. The molecule has 34 heavy (non-hydrogen) atoms. The molecule has 8 heteroatoms. The average Bonchev–Trinajstić information content (AvgIpc) is 2.83. The lowest BCUT2D eigenvalue weighted by Gasteiger charge is -2.20. The first-order valence-electron chi connectivity index (χ1n) is 10.9. The minimum absolute atomic E-state index is 0.0501. The van der Waals surface area contributed by atoms with Gasteiger partial charge in [-0.15, -0.1) is 0 Å². The van der Waals surface area contributed by atoms with Crippen molar-refractivity contribution in [2.45, 2.75) is 38.8 Å². The maximum atomic E-state index is 13.2. The fraction of sp³-hybridized carbons (Fsp3) is 0.231. The number of anilines is 1. The third kappa shape index (κ3) is 6.90. The van der Waals surface area contributed by atoms with Crippen molar-refractivity contribution in [3.63, 3.8) is 0 Å². The zero-order chi connectivity index (χ0) is 24.5. The van der Waals surface area contributed by atoms with Gasteiger partial charge in [-0.2, -0.15) is 0 Å². The molecule has 0 unspecified atom stereocenters. The van der Waals surface area contributed by atoms with Crippen LogP contribution in [-0.4, -0.2) is 23.0 Å². The Labute approximate surface area is 198 Å². The molecule has 0 saturated carbocycles. The largest absolute Gasteiger partial charge is 0.445 e. The summed E-state index contributed by atoms with van der Waals surface area (Å²) in [7, 11) is 0. The second-order valence-corrected chi connectivity index (χ2v) is 8.12. The van der Waals surface area contributed by atoms with Gasteiger partial charge >= 0.3 is 6.09 Å². The number of nitrogens with one attached hydrogen (secondary N) is 2. The lowest BCUT2D eigenvalue weighted by Crippen LogP contribution is -2.45. The molecule has 176 valence electrons. The van der Waals surface area contributed by atoms with Gasteiger partial charge in [0.25, 0.3) is 5.69 Å². The third-order valence-electron chi connectivity index (χ3n) is 5.25. The Hall–Kier alpha value is -4.20. The summed E-state index contributed by atoms with van der Waals surface area (Å²) in [6, 6.07) is 21.6. The number of nitrogens with zero attached hydrogens (tertiary/aromatic N) is 1. The Morgan fingerprint density at radius 2 is 1.56 bits per heavy atom. The first kappa shape index (κ1) is 24.4. The number of hydrogen-bond acceptors (Lipinski definition) is 5. The molecular weight excluding hydrogens is 434 g/mol. The average molecular weight is 462 g/mol. The van der Waals surface area contributed by atoms with Gasteiger partial charge in [0.2, 0.25) is 5.91 Å².